The highest BCUT2D eigenvalue weighted by Crippen LogP contribution is 2.36. The Bertz CT molecular complexity index is 1280. The van der Waals surface area contributed by atoms with Gasteiger partial charge >= 0.3 is 0 Å². The lowest BCUT2D eigenvalue weighted by Crippen LogP contribution is -2.27. The molecule has 0 atom stereocenters. The van der Waals surface area contributed by atoms with Gasteiger partial charge in [0.15, 0.2) is 11.5 Å². The van der Waals surface area contributed by atoms with Crippen LogP contribution in [0.4, 0.5) is 0 Å². The number of nitrogens with zero attached hydrogens (tertiary/aromatic N) is 2. The average Bonchev–Trinajstić information content (AvgIpc) is 2.75. The van der Waals surface area contributed by atoms with Crippen LogP contribution >= 0.6 is 23.2 Å². The molecule has 1 aromatic heterocycles. The second kappa shape index (κ2) is 9.47. The van der Waals surface area contributed by atoms with Crippen molar-refractivity contribution in [3.05, 3.63) is 90.2 Å². The normalized spacial score (nSPS) is 10.6. The van der Waals surface area contributed by atoms with E-state index in [0.29, 0.717) is 6.61 Å². The van der Waals surface area contributed by atoms with E-state index in [1.165, 1.54) is 19.1 Å². The van der Waals surface area contributed by atoms with Crippen molar-refractivity contribution in [3.63, 3.8) is 0 Å². The highest BCUT2D eigenvalue weighted by Gasteiger charge is 2.26. The first kappa shape index (κ1) is 23.4. The van der Waals surface area contributed by atoms with Crippen molar-refractivity contribution in [1.82, 2.24) is 4.57 Å². The Morgan fingerprint density at radius 2 is 1.75 bits per heavy atom. The molecule has 0 fully saturated rings. The van der Waals surface area contributed by atoms with Gasteiger partial charge in [0.1, 0.15) is 11.6 Å². The monoisotopic (exact) mass is 470 g/mol. The summed E-state index contributed by atoms with van der Waals surface area (Å²) in [5.74, 6) is -0.908. The zero-order chi connectivity index (χ0) is 23.6. The highest BCUT2D eigenvalue weighted by atomic mass is 35.5. The largest absolute Gasteiger partial charge is 0.494 e. The first-order valence-corrected chi connectivity index (χ1v) is 10.5. The van der Waals surface area contributed by atoms with Gasteiger partial charge in [0, 0.05) is 5.56 Å². The standard InChI is InChI=1S/C24H20Cl2N2O4/c1-4-32-22-18(25)9-16(10-19(22)26)21(29)20-14(3)17(11-27)23(30)28(24(20)31)12-15-7-5-13(2)6-8-15/h5-10,31H,4,12H2,1-3H3. The maximum absolute atomic E-state index is 13.3. The summed E-state index contributed by atoms with van der Waals surface area (Å²) in [6.07, 6.45) is 0. The number of rotatable bonds is 6. The summed E-state index contributed by atoms with van der Waals surface area (Å²) in [5.41, 5.74) is 0.874. The van der Waals surface area contributed by atoms with Crippen LogP contribution in [0, 0.1) is 25.2 Å². The second-order valence-electron chi connectivity index (χ2n) is 7.22. The van der Waals surface area contributed by atoms with E-state index in [1.807, 2.05) is 25.1 Å². The van der Waals surface area contributed by atoms with Crippen molar-refractivity contribution < 1.29 is 14.6 Å². The number of aromatic hydroxyl groups is 1. The smallest absolute Gasteiger partial charge is 0.271 e. The van der Waals surface area contributed by atoms with Crippen LogP contribution in [0.3, 0.4) is 0 Å². The van der Waals surface area contributed by atoms with Gasteiger partial charge in [-0.1, -0.05) is 53.0 Å². The first-order valence-electron chi connectivity index (χ1n) is 9.78. The molecular weight excluding hydrogens is 451 g/mol. The summed E-state index contributed by atoms with van der Waals surface area (Å²) >= 11 is 12.5. The number of hydrogen-bond acceptors (Lipinski definition) is 5. The van der Waals surface area contributed by atoms with E-state index in [9.17, 15) is 20.0 Å². The maximum Gasteiger partial charge on any atom is 0.271 e. The topological polar surface area (TPSA) is 92.3 Å². The summed E-state index contributed by atoms with van der Waals surface area (Å²) in [6, 6.07) is 12.0. The van der Waals surface area contributed by atoms with E-state index in [1.54, 1.807) is 19.1 Å². The lowest BCUT2D eigenvalue weighted by Gasteiger charge is -2.16. The number of benzene rings is 2. The summed E-state index contributed by atoms with van der Waals surface area (Å²) in [6.45, 7) is 5.47. The Kier molecular flexibility index (Phi) is 6.93. The SMILES string of the molecule is CCOc1c(Cl)cc(C(=O)c2c(C)c(C#N)c(=O)n(Cc3ccc(C)cc3)c2O)cc1Cl. The van der Waals surface area contributed by atoms with Gasteiger partial charge in [0.05, 0.1) is 28.8 Å². The van der Waals surface area contributed by atoms with Gasteiger partial charge in [-0.15, -0.1) is 0 Å². The van der Waals surface area contributed by atoms with Crippen LogP contribution in [0.25, 0.3) is 0 Å². The molecule has 8 heteroatoms. The first-order chi connectivity index (χ1) is 15.2. The molecule has 164 valence electrons. The molecule has 1 N–H and O–H groups in total. The van der Waals surface area contributed by atoms with Gasteiger partial charge < -0.3 is 9.84 Å². The fourth-order valence-electron chi connectivity index (χ4n) is 3.36. The Balaban J connectivity index is 2.18. The zero-order valence-electron chi connectivity index (χ0n) is 17.7. The maximum atomic E-state index is 13.3. The number of hydrogen-bond donors (Lipinski definition) is 1. The summed E-state index contributed by atoms with van der Waals surface area (Å²) in [7, 11) is 0. The number of pyridine rings is 1. The Hall–Kier alpha value is -3.27. The minimum absolute atomic E-state index is 0.00895. The van der Waals surface area contributed by atoms with Crippen molar-refractivity contribution >= 4 is 29.0 Å². The molecule has 0 unspecified atom stereocenters. The molecule has 3 aromatic rings. The quantitative estimate of drug-likeness (QED) is 0.510. The fraction of sp³-hybridized carbons (Fsp3) is 0.208. The molecule has 0 aliphatic carbocycles. The van der Waals surface area contributed by atoms with E-state index >= 15 is 0 Å². The van der Waals surface area contributed by atoms with Gasteiger partial charge in [-0.25, -0.2) is 0 Å². The van der Waals surface area contributed by atoms with Gasteiger partial charge in [-0.2, -0.15) is 5.26 Å². The number of ether oxygens (including phenoxy) is 1. The van der Waals surface area contributed by atoms with Crippen LogP contribution in [0.1, 0.15) is 45.1 Å². The summed E-state index contributed by atoms with van der Waals surface area (Å²) < 4.78 is 6.40. The lowest BCUT2D eigenvalue weighted by atomic mass is 9.97. The number of aromatic nitrogens is 1. The van der Waals surface area contributed by atoms with Crippen LogP contribution in [0.15, 0.2) is 41.2 Å². The van der Waals surface area contributed by atoms with Crippen LogP contribution < -0.4 is 10.3 Å². The number of carbonyl (C=O) groups excluding carboxylic acids is 1. The minimum Gasteiger partial charge on any atom is -0.494 e. The third kappa shape index (κ3) is 4.36. The van der Waals surface area contributed by atoms with E-state index in [2.05, 4.69) is 0 Å². The molecule has 3 rings (SSSR count). The Morgan fingerprint density at radius 1 is 1.16 bits per heavy atom. The molecule has 6 nitrogen and oxygen atoms in total. The third-order valence-corrected chi connectivity index (χ3v) is 5.60. The zero-order valence-corrected chi connectivity index (χ0v) is 19.2. The van der Waals surface area contributed by atoms with Crippen molar-refractivity contribution in [2.75, 3.05) is 6.61 Å². The molecule has 0 saturated heterocycles. The van der Waals surface area contributed by atoms with Crippen LogP contribution in [0.2, 0.25) is 10.0 Å². The van der Waals surface area contributed by atoms with Crippen LogP contribution in [-0.4, -0.2) is 22.1 Å². The van der Waals surface area contributed by atoms with Gasteiger partial charge in [0.25, 0.3) is 5.56 Å². The predicted octanol–water partition coefficient (Wildman–Crippen LogP) is 5.03. The van der Waals surface area contributed by atoms with Crippen molar-refractivity contribution in [2.45, 2.75) is 27.3 Å². The van der Waals surface area contributed by atoms with E-state index in [-0.39, 0.29) is 44.6 Å². The number of aryl methyl sites for hydroxylation is 1. The molecule has 2 aromatic carbocycles. The molecule has 0 amide bonds. The number of nitriles is 1. The van der Waals surface area contributed by atoms with E-state index in [0.717, 1.165) is 15.7 Å². The molecule has 0 saturated carbocycles. The molecule has 32 heavy (non-hydrogen) atoms. The van der Waals surface area contributed by atoms with Gasteiger partial charge in [-0.3, -0.25) is 14.2 Å². The molecule has 0 aliphatic heterocycles. The Labute approximate surface area is 195 Å². The molecular formula is C24H20Cl2N2O4. The fourth-order valence-corrected chi connectivity index (χ4v) is 3.96. The predicted molar refractivity (Wildman–Crippen MR) is 123 cm³/mol. The van der Waals surface area contributed by atoms with Crippen LogP contribution in [-0.2, 0) is 6.54 Å². The van der Waals surface area contributed by atoms with E-state index < -0.39 is 17.2 Å². The van der Waals surface area contributed by atoms with Gasteiger partial charge in [0.2, 0.25) is 5.88 Å². The van der Waals surface area contributed by atoms with Crippen molar-refractivity contribution in [1.29, 1.82) is 5.26 Å². The minimum atomic E-state index is -0.678. The van der Waals surface area contributed by atoms with Gasteiger partial charge in [-0.05, 0) is 44.0 Å². The number of carbonyl (C=O) groups is 1. The highest BCUT2D eigenvalue weighted by molar-refractivity contribution is 6.38. The van der Waals surface area contributed by atoms with Crippen molar-refractivity contribution in [3.8, 4) is 17.7 Å². The molecule has 0 radical (unpaired) electrons. The molecule has 0 aliphatic rings. The number of ketones is 1. The van der Waals surface area contributed by atoms with Crippen molar-refractivity contribution in [2.24, 2.45) is 0 Å². The third-order valence-electron chi connectivity index (χ3n) is 5.04. The molecule has 0 bridgehead atoms. The Morgan fingerprint density at radius 3 is 2.28 bits per heavy atom. The summed E-state index contributed by atoms with van der Waals surface area (Å²) in [5, 5.41) is 20.8. The number of halogens is 2. The van der Waals surface area contributed by atoms with E-state index in [4.69, 9.17) is 27.9 Å². The second-order valence-corrected chi connectivity index (χ2v) is 8.03. The lowest BCUT2D eigenvalue weighted by molar-refractivity contribution is 0.103. The molecule has 1 heterocycles. The summed E-state index contributed by atoms with van der Waals surface area (Å²) in [4.78, 5) is 26.2. The molecule has 0 spiro atoms. The van der Waals surface area contributed by atoms with Crippen LogP contribution in [0.5, 0.6) is 11.6 Å². The average molecular weight is 471 g/mol.